The highest BCUT2D eigenvalue weighted by Gasteiger charge is 2.44. The average molecular weight is 356 g/mol. The number of aromatic nitrogens is 2. The second kappa shape index (κ2) is 6.41. The maximum Gasteiger partial charge on any atom is 0.227 e. The number of fused-ring (bicyclic) bond motifs is 2. The Labute approximate surface area is 153 Å². The molecule has 2 aliphatic rings. The third-order valence-corrected chi connectivity index (χ3v) is 5.96. The lowest BCUT2D eigenvalue weighted by molar-refractivity contribution is -0.132. The fourth-order valence-electron chi connectivity index (χ4n) is 4.29. The first-order valence-corrected chi connectivity index (χ1v) is 9.29. The highest BCUT2D eigenvalue weighted by Crippen LogP contribution is 2.43. The van der Waals surface area contributed by atoms with Crippen LogP contribution in [0.3, 0.4) is 0 Å². The van der Waals surface area contributed by atoms with Gasteiger partial charge in [0, 0.05) is 29.7 Å². The molecular formula is C20H22ClN3O. The van der Waals surface area contributed by atoms with Gasteiger partial charge in [-0.05, 0) is 49.8 Å². The number of nitrogens with zero attached hydrogens (tertiary/aromatic N) is 3. The van der Waals surface area contributed by atoms with E-state index in [1.165, 1.54) is 11.3 Å². The topological polar surface area (TPSA) is 46.1 Å². The fourth-order valence-corrected chi connectivity index (χ4v) is 4.49. The van der Waals surface area contributed by atoms with E-state index < -0.39 is 0 Å². The number of aryl methyl sites for hydroxylation is 2. The van der Waals surface area contributed by atoms with E-state index >= 15 is 0 Å². The first kappa shape index (κ1) is 16.5. The van der Waals surface area contributed by atoms with Crippen LogP contribution in [0.1, 0.15) is 41.9 Å². The molecule has 1 aromatic carbocycles. The van der Waals surface area contributed by atoms with Gasteiger partial charge in [0.05, 0.1) is 12.1 Å². The number of benzene rings is 1. The number of likely N-dealkylation sites (tertiary alicyclic amines) is 1. The van der Waals surface area contributed by atoms with Crippen LogP contribution in [0.5, 0.6) is 0 Å². The smallest absolute Gasteiger partial charge is 0.227 e. The Bertz CT molecular complexity index is 818. The van der Waals surface area contributed by atoms with Gasteiger partial charge in [-0.1, -0.05) is 29.8 Å². The van der Waals surface area contributed by atoms with Crippen molar-refractivity contribution in [3.05, 3.63) is 58.1 Å². The minimum Gasteiger partial charge on any atom is -0.341 e. The summed E-state index contributed by atoms with van der Waals surface area (Å²) >= 11 is 6.22. The zero-order chi connectivity index (χ0) is 17.4. The molecule has 5 heteroatoms. The minimum absolute atomic E-state index is 0.0113. The Morgan fingerprint density at radius 1 is 1.32 bits per heavy atom. The van der Waals surface area contributed by atoms with Crippen molar-refractivity contribution in [2.24, 2.45) is 0 Å². The van der Waals surface area contributed by atoms with E-state index in [1.54, 1.807) is 0 Å². The molecule has 4 nitrogen and oxygen atoms in total. The summed E-state index contributed by atoms with van der Waals surface area (Å²) in [5.74, 6) is 0.978. The number of halogens is 1. The van der Waals surface area contributed by atoms with Gasteiger partial charge in [0.2, 0.25) is 5.91 Å². The lowest BCUT2D eigenvalue weighted by atomic mass is 9.77. The zero-order valence-electron chi connectivity index (χ0n) is 14.5. The first-order valence-electron chi connectivity index (χ1n) is 8.92. The molecule has 2 heterocycles. The molecule has 1 amide bonds. The molecule has 1 spiro atoms. The summed E-state index contributed by atoms with van der Waals surface area (Å²) in [6.45, 7) is 3.53. The molecule has 4 rings (SSSR count). The molecule has 1 aliphatic heterocycles. The van der Waals surface area contributed by atoms with E-state index in [2.05, 4.69) is 4.98 Å². The van der Waals surface area contributed by atoms with Gasteiger partial charge in [0.1, 0.15) is 5.82 Å². The summed E-state index contributed by atoms with van der Waals surface area (Å²) in [6.07, 6.45) is 6.55. The van der Waals surface area contributed by atoms with E-state index in [0.29, 0.717) is 11.4 Å². The van der Waals surface area contributed by atoms with Crippen LogP contribution >= 0.6 is 11.6 Å². The summed E-state index contributed by atoms with van der Waals surface area (Å²) in [7, 11) is 0. The molecule has 1 unspecified atom stereocenters. The third kappa shape index (κ3) is 3.04. The number of carbonyl (C=O) groups is 1. The molecule has 0 N–H and O–H groups in total. The minimum atomic E-state index is 0.0113. The average Bonchev–Trinajstić information content (AvgIpc) is 2.94. The van der Waals surface area contributed by atoms with Gasteiger partial charge in [-0.15, -0.1) is 0 Å². The largest absolute Gasteiger partial charge is 0.341 e. The molecule has 1 aliphatic carbocycles. The molecule has 1 fully saturated rings. The Balaban J connectivity index is 1.55. The lowest BCUT2D eigenvalue weighted by Gasteiger charge is -2.40. The summed E-state index contributed by atoms with van der Waals surface area (Å²) in [5, 5.41) is 0.664. The first-order chi connectivity index (χ1) is 12.1. The molecule has 0 bridgehead atoms. The number of rotatable bonds is 2. The van der Waals surface area contributed by atoms with Gasteiger partial charge in [-0.3, -0.25) is 4.79 Å². The van der Waals surface area contributed by atoms with E-state index in [0.717, 1.165) is 50.2 Å². The van der Waals surface area contributed by atoms with Crippen molar-refractivity contribution < 1.29 is 4.79 Å². The van der Waals surface area contributed by atoms with Crippen molar-refractivity contribution >= 4 is 17.5 Å². The Morgan fingerprint density at radius 3 is 3.00 bits per heavy atom. The van der Waals surface area contributed by atoms with Crippen molar-refractivity contribution in [2.45, 2.75) is 44.4 Å². The van der Waals surface area contributed by atoms with Crippen molar-refractivity contribution in [1.82, 2.24) is 14.9 Å². The second-order valence-corrected chi connectivity index (χ2v) is 7.67. The maximum absolute atomic E-state index is 12.9. The van der Waals surface area contributed by atoms with Crippen LogP contribution in [-0.4, -0.2) is 33.9 Å². The molecule has 1 aromatic heterocycles. The van der Waals surface area contributed by atoms with Crippen LogP contribution in [-0.2, 0) is 23.1 Å². The molecule has 0 radical (unpaired) electrons. The zero-order valence-corrected chi connectivity index (χ0v) is 15.2. The molecule has 1 atom stereocenters. The molecule has 25 heavy (non-hydrogen) atoms. The summed E-state index contributed by atoms with van der Waals surface area (Å²) in [5.41, 5.74) is 3.34. The van der Waals surface area contributed by atoms with Crippen LogP contribution in [0, 0.1) is 6.92 Å². The fraction of sp³-hybridized carbons (Fsp3) is 0.450. The quantitative estimate of drug-likeness (QED) is 0.828. The molecule has 1 saturated heterocycles. The highest BCUT2D eigenvalue weighted by atomic mass is 35.5. The van der Waals surface area contributed by atoms with E-state index in [1.807, 2.05) is 42.3 Å². The van der Waals surface area contributed by atoms with Crippen LogP contribution in [0.15, 0.2) is 30.5 Å². The van der Waals surface area contributed by atoms with Crippen LogP contribution in [0.2, 0.25) is 5.02 Å². The number of hydrogen-bond donors (Lipinski definition) is 0. The normalized spacial score (nSPS) is 22.2. The number of carbonyl (C=O) groups excluding carboxylic acids is 1. The van der Waals surface area contributed by atoms with Crippen molar-refractivity contribution in [1.29, 1.82) is 0 Å². The predicted octanol–water partition coefficient (Wildman–Crippen LogP) is 3.49. The van der Waals surface area contributed by atoms with Crippen LogP contribution in [0.25, 0.3) is 0 Å². The molecule has 0 saturated carbocycles. The van der Waals surface area contributed by atoms with Gasteiger partial charge < -0.3 is 4.90 Å². The number of amides is 1. The van der Waals surface area contributed by atoms with Gasteiger partial charge in [0.25, 0.3) is 0 Å². The van der Waals surface area contributed by atoms with E-state index in [-0.39, 0.29) is 11.3 Å². The molecule has 2 aromatic rings. The van der Waals surface area contributed by atoms with Crippen LogP contribution in [0.4, 0.5) is 0 Å². The Kier molecular flexibility index (Phi) is 4.24. The Hall–Kier alpha value is -1.94. The summed E-state index contributed by atoms with van der Waals surface area (Å²) in [4.78, 5) is 24.0. The van der Waals surface area contributed by atoms with Crippen molar-refractivity contribution in [3.63, 3.8) is 0 Å². The number of piperidine rings is 1. The van der Waals surface area contributed by atoms with Gasteiger partial charge >= 0.3 is 0 Å². The monoisotopic (exact) mass is 355 g/mol. The van der Waals surface area contributed by atoms with E-state index in [4.69, 9.17) is 16.6 Å². The predicted molar refractivity (Wildman–Crippen MR) is 97.7 cm³/mol. The van der Waals surface area contributed by atoms with Crippen molar-refractivity contribution in [2.75, 3.05) is 13.1 Å². The van der Waals surface area contributed by atoms with Crippen LogP contribution < -0.4 is 0 Å². The van der Waals surface area contributed by atoms with E-state index in [9.17, 15) is 4.79 Å². The van der Waals surface area contributed by atoms with Crippen molar-refractivity contribution in [3.8, 4) is 0 Å². The standard InChI is InChI=1S/C20H22ClN3O/c1-14-22-12-16-7-9-20(19(16)23-14)8-4-10-24(13-20)18(25)11-15-5-2-3-6-17(15)21/h2-3,5-6,12H,4,7-11,13H2,1H3. The lowest BCUT2D eigenvalue weighted by Crippen LogP contribution is -2.48. The maximum atomic E-state index is 12.9. The molecule has 130 valence electrons. The van der Waals surface area contributed by atoms with Gasteiger partial charge in [-0.25, -0.2) is 9.97 Å². The highest BCUT2D eigenvalue weighted by molar-refractivity contribution is 6.31. The second-order valence-electron chi connectivity index (χ2n) is 7.26. The molecular weight excluding hydrogens is 334 g/mol. The SMILES string of the molecule is Cc1ncc2c(n1)C1(CCCN(C(=O)Cc3ccccc3Cl)C1)CC2. The van der Waals surface area contributed by atoms with Gasteiger partial charge in [-0.2, -0.15) is 0 Å². The third-order valence-electron chi connectivity index (χ3n) is 5.59. The number of hydrogen-bond acceptors (Lipinski definition) is 3. The Morgan fingerprint density at radius 2 is 2.16 bits per heavy atom. The van der Waals surface area contributed by atoms with Gasteiger partial charge in [0.15, 0.2) is 0 Å². The summed E-state index contributed by atoms with van der Waals surface area (Å²) < 4.78 is 0. The summed E-state index contributed by atoms with van der Waals surface area (Å²) in [6, 6.07) is 7.60.